The first-order valence-corrected chi connectivity index (χ1v) is 9.48. The maximum atomic E-state index is 12.2. The molecule has 30 heavy (non-hydrogen) atoms. The van der Waals surface area contributed by atoms with Crippen molar-refractivity contribution in [3.05, 3.63) is 29.8 Å². The van der Waals surface area contributed by atoms with E-state index in [9.17, 15) is 18.0 Å². The molecule has 0 aliphatic carbocycles. The van der Waals surface area contributed by atoms with Gasteiger partial charge >= 0.3 is 6.18 Å². The van der Waals surface area contributed by atoms with Crippen LogP contribution in [0.3, 0.4) is 0 Å². The summed E-state index contributed by atoms with van der Waals surface area (Å²) in [5, 5.41) is 6.40. The van der Waals surface area contributed by atoms with Crippen LogP contribution in [0.4, 0.5) is 13.2 Å². The van der Waals surface area contributed by atoms with Crippen LogP contribution in [-0.2, 0) is 11.3 Å². The smallest absolute Gasteiger partial charge is 0.422 e. The fourth-order valence-electron chi connectivity index (χ4n) is 2.89. The Morgan fingerprint density at radius 1 is 1.13 bits per heavy atom. The highest BCUT2D eigenvalue weighted by molar-refractivity contribution is 14.0. The van der Waals surface area contributed by atoms with Crippen molar-refractivity contribution in [3.63, 3.8) is 0 Å². The van der Waals surface area contributed by atoms with E-state index in [-0.39, 0.29) is 35.6 Å². The highest BCUT2D eigenvalue weighted by atomic mass is 127. The quantitative estimate of drug-likeness (QED) is 0.313. The average molecular weight is 543 g/mol. The number of aliphatic imine (C=N–C) groups is 1. The molecular formula is C19H29F3IN5O2. The fourth-order valence-corrected chi connectivity index (χ4v) is 2.89. The number of carbonyl (C=O) groups is 1. The van der Waals surface area contributed by atoms with Crippen molar-refractivity contribution >= 4 is 35.8 Å². The molecule has 1 amide bonds. The Balaban J connectivity index is 0.00000450. The largest absolute Gasteiger partial charge is 0.484 e. The van der Waals surface area contributed by atoms with Crippen molar-refractivity contribution in [3.8, 4) is 5.75 Å². The van der Waals surface area contributed by atoms with E-state index in [1.54, 1.807) is 26.1 Å². The number of nitrogens with zero attached hydrogens (tertiary/aromatic N) is 3. The van der Waals surface area contributed by atoms with Gasteiger partial charge in [-0.05, 0) is 17.7 Å². The van der Waals surface area contributed by atoms with E-state index >= 15 is 0 Å². The Morgan fingerprint density at radius 3 is 2.30 bits per heavy atom. The lowest BCUT2D eigenvalue weighted by molar-refractivity contribution is -0.153. The van der Waals surface area contributed by atoms with Crippen LogP contribution in [0.25, 0.3) is 0 Å². The molecule has 1 aromatic rings. The van der Waals surface area contributed by atoms with Crippen molar-refractivity contribution in [2.24, 2.45) is 4.99 Å². The zero-order valence-electron chi connectivity index (χ0n) is 17.2. The summed E-state index contributed by atoms with van der Waals surface area (Å²) in [5.41, 5.74) is 0.896. The lowest BCUT2D eigenvalue weighted by Gasteiger charge is -2.34. The Hall–Kier alpha value is -1.76. The summed E-state index contributed by atoms with van der Waals surface area (Å²) in [5.74, 6) is 0.940. The molecule has 1 aromatic carbocycles. The second-order valence-corrected chi connectivity index (χ2v) is 6.75. The number of hydrogen-bond donors (Lipinski definition) is 2. The number of benzene rings is 1. The number of guanidine groups is 1. The van der Waals surface area contributed by atoms with Crippen molar-refractivity contribution in [2.45, 2.75) is 19.6 Å². The van der Waals surface area contributed by atoms with Gasteiger partial charge in [-0.2, -0.15) is 13.2 Å². The first-order valence-electron chi connectivity index (χ1n) is 9.48. The standard InChI is InChI=1S/C19H28F3N5O2.HI/c1-15(28)27-11-9-26(10-12-27)8-7-24-18(23-2)25-13-16-3-5-17(6-4-16)29-14-19(20,21)22;/h3-6H,7-14H2,1-2H3,(H2,23,24,25);1H. The molecule has 0 unspecified atom stereocenters. The van der Waals surface area contributed by atoms with Crippen LogP contribution in [-0.4, -0.2) is 80.8 Å². The zero-order valence-corrected chi connectivity index (χ0v) is 19.5. The first kappa shape index (κ1) is 26.3. The third kappa shape index (κ3) is 9.83. The summed E-state index contributed by atoms with van der Waals surface area (Å²) in [6.07, 6.45) is -4.35. The molecule has 0 saturated carbocycles. The number of rotatable bonds is 7. The second-order valence-electron chi connectivity index (χ2n) is 6.75. The van der Waals surface area contributed by atoms with Gasteiger partial charge in [-0.25, -0.2) is 0 Å². The molecule has 0 radical (unpaired) electrons. The highest BCUT2D eigenvalue weighted by Crippen LogP contribution is 2.18. The average Bonchev–Trinajstić information content (AvgIpc) is 2.69. The van der Waals surface area contributed by atoms with Crippen LogP contribution < -0.4 is 15.4 Å². The third-order valence-electron chi connectivity index (χ3n) is 4.55. The summed E-state index contributed by atoms with van der Waals surface area (Å²) < 4.78 is 41.2. The van der Waals surface area contributed by atoms with Gasteiger partial charge < -0.3 is 20.3 Å². The maximum Gasteiger partial charge on any atom is 0.422 e. The molecule has 0 spiro atoms. The lowest BCUT2D eigenvalue weighted by atomic mass is 10.2. The summed E-state index contributed by atoms with van der Waals surface area (Å²) in [4.78, 5) is 19.7. The van der Waals surface area contributed by atoms with Gasteiger partial charge in [0.15, 0.2) is 12.6 Å². The fraction of sp³-hybridized carbons (Fsp3) is 0.579. The predicted octanol–water partition coefficient (Wildman–Crippen LogP) is 2.07. The van der Waals surface area contributed by atoms with E-state index in [1.165, 1.54) is 12.1 Å². The molecule has 1 aliphatic rings. The number of piperazine rings is 1. The summed E-state index contributed by atoms with van der Waals surface area (Å²) in [7, 11) is 1.68. The van der Waals surface area contributed by atoms with E-state index in [4.69, 9.17) is 4.74 Å². The lowest BCUT2D eigenvalue weighted by Crippen LogP contribution is -2.50. The van der Waals surface area contributed by atoms with Crippen molar-refractivity contribution < 1.29 is 22.7 Å². The molecule has 1 saturated heterocycles. The monoisotopic (exact) mass is 543 g/mol. The number of ether oxygens (including phenoxy) is 1. The summed E-state index contributed by atoms with van der Waals surface area (Å²) >= 11 is 0. The summed E-state index contributed by atoms with van der Waals surface area (Å²) in [6, 6.07) is 6.44. The Kier molecular flexibility index (Phi) is 11.2. The molecule has 170 valence electrons. The highest BCUT2D eigenvalue weighted by Gasteiger charge is 2.28. The molecule has 2 N–H and O–H groups in total. The Morgan fingerprint density at radius 2 is 1.77 bits per heavy atom. The summed E-state index contributed by atoms with van der Waals surface area (Å²) in [6.45, 7) is 5.56. The normalized spacial score (nSPS) is 15.4. The molecule has 1 aliphatic heterocycles. The number of nitrogens with one attached hydrogen (secondary N) is 2. The molecule has 0 bridgehead atoms. The SMILES string of the molecule is CN=C(NCCN1CCN(C(C)=O)CC1)NCc1ccc(OCC(F)(F)F)cc1.I. The Labute approximate surface area is 192 Å². The van der Waals surface area contributed by atoms with Crippen molar-refractivity contribution in [1.29, 1.82) is 0 Å². The molecule has 11 heteroatoms. The maximum absolute atomic E-state index is 12.2. The topological polar surface area (TPSA) is 69.2 Å². The van der Waals surface area contributed by atoms with Gasteiger partial charge in [-0.1, -0.05) is 12.1 Å². The molecule has 1 fully saturated rings. The van der Waals surface area contributed by atoms with E-state index in [0.717, 1.165) is 38.3 Å². The molecule has 2 rings (SSSR count). The molecular weight excluding hydrogens is 514 g/mol. The number of amides is 1. The molecule has 0 atom stereocenters. The molecule has 7 nitrogen and oxygen atoms in total. The first-order chi connectivity index (χ1) is 13.8. The number of carbonyl (C=O) groups excluding carboxylic acids is 1. The van der Waals surface area contributed by atoms with Gasteiger partial charge in [0.2, 0.25) is 5.91 Å². The van der Waals surface area contributed by atoms with Crippen molar-refractivity contribution in [2.75, 3.05) is 52.9 Å². The van der Waals surface area contributed by atoms with Crippen LogP contribution in [0.1, 0.15) is 12.5 Å². The number of alkyl halides is 3. The molecule has 1 heterocycles. The van der Waals surface area contributed by atoms with Crippen LogP contribution in [0.15, 0.2) is 29.3 Å². The third-order valence-corrected chi connectivity index (χ3v) is 4.55. The van der Waals surface area contributed by atoms with Gasteiger partial charge in [-0.15, -0.1) is 24.0 Å². The van der Waals surface area contributed by atoms with Gasteiger partial charge in [-0.3, -0.25) is 14.7 Å². The zero-order chi connectivity index (χ0) is 21.3. The van der Waals surface area contributed by atoms with Crippen LogP contribution in [0.5, 0.6) is 5.75 Å². The predicted molar refractivity (Wildman–Crippen MR) is 120 cm³/mol. The van der Waals surface area contributed by atoms with Crippen LogP contribution in [0, 0.1) is 0 Å². The van der Waals surface area contributed by atoms with E-state index in [0.29, 0.717) is 19.0 Å². The number of hydrogen-bond acceptors (Lipinski definition) is 4. The van der Waals surface area contributed by atoms with E-state index in [2.05, 4.69) is 20.5 Å². The van der Waals surface area contributed by atoms with E-state index < -0.39 is 12.8 Å². The second kappa shape index (κ2) is 12.8. The minimum Gasteiger partial charge on any atom is -0.484 e. The van der Waals surface area contributed by atoms with Crippen molar-refractivity contribution in [1.82, 2.24) is 20.4 Å². The number of halogens is 4. The van der Waals surface area contributed by atoms with Crippen LogP contribution in [0.2, 0.25) is 0 Å². The van der Waals surface area contributed by atoms with Gasteiger partial charge in [0, 0.05) is 59.8 Å². The van der Waals surface area contributed by atoms with Gasteiger partial charge in [0.1, 0.15) is 5.75 Å². The Bertz CT molecular complexity index is 678. The van der Waals surface area contributed by atoms with E-state index in [1.807, 2.05) is 4.90 Å². The van der Waals surface area contributed by atoms with Gasteiger partial charge in [0.25, 0.3) is 0 Å². The van der Waals surface area contributed by atoms with Gasteiger partial charge in [0.05, 0.1) is 0 Å². The van der Waals surface area contributed by atoms with Crippen LogP contribution >= 0.6 is 24.0 Å². The minimum atomic E-state index is -4.35. The molecule has 0 aromatic heterocycles. The minimum absolute atomic E-state index is 0.